The first kappa shape index (κ1) is 25.0. The van der Waals surface area contributed by atoms with Crippen LogP contribution in [-0.2, 0) is 21.2 Å². The Hall–Kier alpha value is -3.65. The maximum absolute atomic E-state index is 12.9. The molecule has 0 spiro atoms. The van der Waals surface area contributed by atoms with Crippen molar-refractivity contribution in [3.63, 3.8) is 0 Å². The number of para-hydroxylation sites is 1. The summed E-state index contributed by atoms with van der Waals surface area (Å²) in [6, 6.07) is 18.9. The molecule has 0 aliphatic carbocycles. The first-order chi connectivity index (χ1) is 16.1. The minimum atomic E-state index is -3.83. The van der Waals surface area contributed by atoms with E-state index in [4.69, 9.17) is 0 Å². The fraction of sp³-hybridized carbons (Fsp3) is 0.231. The average molecular weight is 480 g/mol. The zero-order valence-electron chi connectivity index (χ0n) is 19.8. The summed E-state index contributed by atoms with van der Waals surface area (Å²) in [6.45, 7) is 5.41. The minimum absolute atomic E-state index is 0.144. The Balaban J connectivity index is 1.71. The summed E-state index contributed by atoms with van der Waals surface area (Å²) in [4.78, 5) is 26.9. The number of carbonyl (C=O) groups is 2. The monoisotopic (exact) mass is 479 g/mol. The summed E-state index contributed by atoms with van der Waals surface area (Å²) in [5.74, 6) is -0.713. The van der Waals surface area contributed by atoms with Gasteiger partial charge in [0.25, 0.3) is 15.9 Å². The van der Waals surface area contributed by atoms with Gasteiger partial charge in [-0.05, 0) is 67.3 Å². The van der Waals surface area contributed by atoms with E-state index in [2.05, 4.69) is 10.0 Å². The van der Waals surface area contributed by atoms with Crippen molar-refractivity contribution >= 4 is 33.2 Å². The second-order valence-electron chi connectivity index (χ2n) is 8.18. The van der Waals surface area contributed by atoms with Crippen molar-refractivity contribution < 1.29 is 18.0 Å². The number of hydrogen-bond donors (Lipinski definition) is 2. The molecule has 0 heterocycles. The van der Waals surface area contributed by atoms with Crippen molar-refractivity contribution in [1.29, 1.82) is 0 Å². The number of nitrogens with one attached hydrogen (secondary N) is 2. The second-order valence-corrected chi connectivity index (χ2v) is 9.83. The SMILES string of the molecule is CCc1ccccc1NC(=O)CN(C)C(=O)c1cccc(NS(=O)(=O)c2cc(C)ccc2C)c1. The van der Waals surface area contributed by atoms with E-state index in [0.717, 1.165) is 23.2 Å². The van der Waals surface area contributed by atoms with Crippen LogP contribution in [0.1, 0.15) is 34.0 Å². The Morgan fingerprint density at radius 2 is 1.68 bits per heavy atom. The maximum atomic E-state index is 12.9. The third-order valence-corrected chi connectivity index (χ3v) is 6.92. The molecule has 0 atom stereocenters. The highest BCUT2D eigenvalue weighted by Gasteiger charge is 2.19. The summed E-state index contributed by atoms with van der Waals surface area (Å²) < 4.78 is 28.3. The van der Waals surface area contributed by atoms with Crippen molar-refractivity contribution in [3.8, 4) is 0 Å². The van der Waals surface area contributed by atoms with E-state index in [1.807, 2.05) is 44.2 Å². The van der Waals surface area contributed by atoms with Gasteiger partial charge < -0.3 is 10.2 Å². The van der Waals surface area contributed by atoms with Crippen LogP contribution in [-0.4, -0.2) is 38.7 Å². The summed E-state index contributed by atoms with van der Waals surface area (Å²) in [7, 11) is -2.30. The minimum Gasteiger partial charge on any atom is -0.332 e. The van der Waals surface area contributed by atoms with Gasteiger partial charge in [-0.2, -0.15) is 0 Å². The van der Waals surface area contributed by atoms with Crippen LogP contribution in [0.2, 0.25) is 0 Å². The second kappa shape index (κ2) is 10.5. The fourth-order valence-electron chi connectivity index (χ4n) is 3.57. The van der Waals surface area contributed by atoms with Crippen molar-refractivity contribution in [3.05, 3.63) is 89.0 Å². The number of amides is 2. The molecule has 8 heteroatoms. The van der Waals surface area contributed by atoms with E-state index in [9.17, 15) is 18.0 Å². The van der Waals surface area contributed by atoms with Crippen LogP contribution < -0.4 is 10.0 Å². The van der Waals surface area contributed by atoms with Crippen molar-refractivity contribution in [2.45, 2.75) is 32.1 Å². The number of hydrogen-bond acceptors (Lipinski definition) is 4. The number of nitrogens with zero attached hydrogens (tertiary/aromatic N) is 1. The molecular formula is C26H29N3O4S. The van der Waals surface area contributed by atoms with Crippen molar-refractivity contribution in [2.24, 2.45) is 0 Å². The summed E-state index contributed by atoms with van der Waals surface area (Å²) >= 11 is 0. The van der Waals surface area contributed by atoms with Gasteiger partial charge in [-0.25, -0.2) is 8.42 Å². The van der Waals surface area contributed by atoms with Gasteiger partial charge >= 0.3 is 0 Å². The molecular weight excluding hydrogens is 450 g/mol. The Morgan fingerprint density at radius 3 is 2.41 bits per heavy atom. The van der Waals surface area contributed by atoms with Gasteiger partial charge in [0.2, 0.25) is 5.91 Å². The highest BCUT2D eigenvalue weighted by Crippen LogP contribution is 2.22. The van der Waals surface area contributed by atoms with E-state index in [-0.39, 0.29) is 28.6 Å². The maximum Gasteiger partial charge on any atom is 0.262 e. The predicted octanol–water partition coefficient (Wildman–Crippen LogP) is 4.38. The molecule has 2 amide bonds. The molecule has 178 valence electrons. The van der Waals surface area contributed by atoms with Crippen molar-refractivity contribution in [2.75, 3.05) is 23.6 Å². The Labute approximate surface area is 200 Å². The van der Waals surface area contributed by atoms with Gasteiger partial charge in [0, 0.05) is 24.0 Å². The van der Waals surface area contributed by atoms with Gasteiger partial charge in [0.05, 0.1) is 11.4 Å². The predicted molar refractivity (Wildman–Crippen MR) is 135 cm³/mol. The molecule has 0 aromatic heterocycles. The molecule has 3 aromatic rings. The first-order valence-corrected chi connectivity index (χ1v) is 12.4. The Bertz CT molecular complexity index is 1320. The molecule has 2 N–H and O–H groups in total. The summed E-state index contributed by atoms with van der Waals surface area (Å²) in [5.41, 5.74) is 3.72. The van der Waals surface area contributed by atoms with Crippen LogP contribution in [0.25, 0.3) is 0 Å². The van der Waals surface area contributed by atoms with Crippen LogP contribution in [0.15, 0.2) is 71.6 Å². The summed E-state index contributed by atoms with van der Waals surface area (Å²) in [5, 5.41) is 2.84. The molecule has 0 fully saturated rings. The smallest absolute Gasteiger partial charge is 0.262 e. The topological polar surface area (TPSA) is 95.6 Å². The molecule has 0 saturated heterocycles. The third kappa shape index (κ3) is 6.02. The number of sulfonamides is 1. The third-order valence-electron chi connectivity index (χ3n) is 5.39. The highest BCUT2D eigenvalue weighted by atomic mass is 32.2. The number of benzene rings is 3. The Kier molecular flexibility index (Phi) is 7.73. The highest BCUT2D eigenvalue weighted by molar-refractivity contribution is 7.92. The van der Waals surface area contributed by atoms with Crippen LogP contribution in [0.3, 0.4) is 0 Å². The largest absolute Gasteiger partial charge is 0.332 e. The molecule has 0 saturated carbocycles. The van der Waals surface area contributed by atoms with E-state index >= 15 is 0 Å². The van der Waals surface area contributed by atoms with Gasteiger partial charge in [-0.1, -0.05) is 43.3 Å². The summed E-state index contributed by atoms with van der Waals surface area (Å²) in [6.07, 6.45) is 0.774. The number of likely N-dealkylation sites (N-methyl/N-ethyl adjacent to an activating group) is 1. The molecule has 0 bridgehead atoms. The lowest BCUT2D eigenvalue weighted by molar-refractivity contribution is -0.116. The van der Waals surface area contributed by atoms with Crippen LogP contribution in [0, 0.1) is 13.8 Å². The molecule has 3 aromatic carbocycles. The molecule has 0 aliphatic heterocycles. The van der Waals surface area contributed by atoms with E-state index < -0.39 is 15.9 Å². The number of aryl methyl sites for hydroxylation is 3. The van der Waals surface area contributed by atoms with Gasteiger partial charge in [0.15, 0.2) is 0 Å². The lowest BCUT2D eigenvalue weighted by Gasteiger charge is -2.18. The van der Waals surface area contributed by atoms with Gasteiger partial charge in [-0.3, -0.25) is 14.3 Å². The van der Waals surface area contributed by atoms with Crippen LogP contribution in [0.5, 0.6) is 0 Å². The fourth-order valence-corrected chi connectivity index (χ4v) is 4.95. The van der Waals surface area contributed by atoms with E-state index in [1.165, 1.54) is 18.0 Å². The molecule has 34 heavy (non-hydrogen) atoms. The zero-order valence-corrected chi connectivity index (χ0v) is 20.6. The quantitative estimate of drug-likeness (QED) is 0.501. The van der Waals surface area contributed by atoms with Gasteiger partial charge in [-0.15, -0.1) is 0 Å². The lowest BCUT2D eigenvalue weighted by atomic mass is 10.1. The van der Waals surface area contributed by atoms with Crippen LogP contribution in [0.4, 0.5) is 11.4 Å². The van der Waals surface area contributed by atoms with Crippen molar-refractivity contribution in [1.82, 2.24) is 4.90 Å². The number of rotatable bonds is 8. The average Bonchev–Trinajstić information content (AvgIpc) is 2.80. The number of anilines is 2. The lowest BCUT2D eigenvalue weighted by Crippen LogP contribution is -2.35. The van der Waals surface area contributed by atoms with Crippen LogP contribution >= 0.6 is 0 Å². The Morgan fingerprint density at radius 1 is 0.941 bits per heavy atom. The van der Waals surface area contributed by atoms with Gasteiger partial charge in [0.1, 0.15) is 0 Å². The zero-order chi connectivity index (χ0) is 24.9. The first-order valence-electron chi connectivity index (χ1n) is 10.9. The molecule has 0 unspecified atom stereocenters. The normalized spacial score (nSPS) is 11.1. The standard InChI is InChI=1S/C26H29N3O4S/c1-5-20-9-6-7-12-23(20)27-25(30)17-29(4)26(31)21-10-8-11-22(16-21)28-34(32,33)24-15-18(2)13-14-19(24)3/h6-16,28H,5,17H2,1-4H3,(H,27,30). The molecule has 0 aliphatic rings. The molecule has 0 radical (unpaired) electrons. The molecule has 7 nitrogen and oxygen atoms in total. The van der Waals surface area contributed by atoms with E-state index in [1.54, 1.807) is 37.3 Å². The number of carbonyl (C=O) groups excluding carboxylic acids is 2. The van der Waals surface area contributed by atoms with E-state index in [0.29, 0.717) is 5.56 Å². The molecule has 3 rings (SSSR count).